The minimum absolute atomic E-state index is 0. The van der Waals surface area contributed by atoms with E-state index in [1.165, 1.54) is 166 Å². The van der Waals surface area contributed by atoms with E-state index >= 15 is 0 Å². The number of benzene rings is 6. The summed E-state index contributed by atoms with van der Waals surface area (Å²) < 4.78 is 32.2. The third kappa shape index (κ3) is 11.0. The number of hydrogen-bond acceptors (Lipinski definition) is 0. The van der Waals surface area contributed by atoms with Crippen molar-refractivity contribution in [1.29, 1.82) is 0 Å². The van der Waals surface area contributed by atoms with Crippen LogP contribution in [0.2, 0.25) is 0 Å². The first-order valence-electron chi connectivity index (χ1n) is 22.6. The Kier molecular flexibility index (Phi) is 17.0. The van der Waals surface area contributed by atoms with E-state index in [0.29, 0.717) is 10.8 Å². The molecule has 65 heavy (non-hydrogen) atoms. The van der Waals surface area contributed by atoms with Gasteiger partial charge in [0.05, 0.1) is 0 Å². The Bertz CT molecular complexity index is 2620. The molecule has 4 aliphatic rings. The fraction of sp³-hybridized carbons (Fsp3) is 0.310. The molecular weight excluding hydrogens is 944 g/mol. The van der Waals surface area contributed by atoms with Crippen LogP contribution in [0.3, 0.4) is 0 Å². The van der Waals surface area contributed by atoms with E-state index in [2.05, 4.69) is 159 Å². The predicted molar refractivity (Wildman–Crippen MR) is 273 cm³/mol. The average Bonchev–Trinajstić information content (AvgIpc) is 4.18. The minimum atomic E-state index is -4.07. The zero-order valence-corrected chi connectivity index (χ0v) is 42.5. The third-order valence-corrected chi connectivity index (χ3v) is 15.0. The smallest absolute Gasteiger partial charge is 0.0114 e. The maximum Gasteiger partial charge on any atom is -0.0114 e. The summed E-state index contributed by atoms with van der Waals surface area (Å²) in [6.45, 7) is 5.69. The molecule has 7 heteroatoms. The Labute approximate surface area is 413 Å². The number of alkyl halides is 3. The molecule has 8 aromatic carbocycles. The van der Waals surface area contributed by atoms with Crippen LogP contribution in [0.1, 0.15) is 81.8 Å². The van der Waals surface area contributed by atoms with E-state index in [9.17, 15) is 13.2 Å². The van der Waals surface area contributed by atoms with Gasteiger partial charge >= 0.3 is 36.4 Å². The number of hydrogen-bond donors (Lipinski definition) is 0. The third-order valence-electron chi connectivity index (χ3n) is 15.0. The molecule has 0 nitrogen and oxygen atoms in total. The van der Waals surface area contributed by atoms with Gasteiger partial charge in [0.1, 0.15) is 0 Å². The zero-order chi connectivity index (χ0) is 42.9. The van der Waals surface area contributed by atoms with Crippen molar-refractivity contribution in [3.8, 4) is 22.3 Å². The topological polar surface area (TPSA) is 0 Å². The van der Waals surface area contributed by atoms with Crippen molar-refractivity contribution >= 4 is 74.8 Å². The van der Waals surface area contributed by atoms with Crippen LogP contribution in [0.5, 0.6) is 0 Å². The summed E-state index contributed by atoms with van der Waals surface area (Å²) in [5.74, 6) is 2.06. The predicted octanol–water partition coefficient (Wildman–Crippen LogP) is 17.7. The first kappa shape index (κ1) is 50.9. The van der Waals surface area contributed by atoms with Crippen molar-refractivity contribution < 1.29 is 36.5 Å². The Morgan fingerprint density at radius 1 is 0.523 bits per heavy atom. The molecule has 338 valence electrons. The molecule has 2 radical (unpaired) electrons. The van der Waals surface area contributed by atoms with Crippen molar-refractivity contribution in [1.82, 2.24) is 0 Å². The second-order valence-corrected chi connectivity index (χ2v) is 18.9. The molecule has 0 spiro atoms. The fourth-order valence-electron chi connectivity index (χ4n) is 12.2. The first-order valence-corrected chi connectivity index (χ1v) is 26.8. The van der Waals surface area contributed by atoms with Crippen molar-refractivity contribution in [2.45, 2.75) is 89.6 Å². The number of fused-ring (bicyclic) bond motifs is 8. The van der Waals surface area contributed by atoms with Crippen LogP contribution in [0.4, 0.5) is 13.2 Å². The summed E-state index contributed by atoms with van der Waals surface area (Å²) >= 11 is 1.36. The maximum absolute atomic E-state index is 10.7. The van der Waals surface area contributed by atoms with Gasteiger partial charge < -0.3 is 14.4 Å². The van der Waals surface area contributed by atoms with Crippen molar-refractivity contribution in [2.75, 3.05) is 0 Å². The summed E-state index contributed by atoms with van der Waals surface area (Å²) in [5, 5.41) is 11.0. The van der Waals surface area contributed by atoms with Crippen LogP contribution in [0.25, 0.3) is 65.3 Å². The molecule has 0 heterocycles. The second kappa shape index (κ2) is 21.7. The molecule has 0 amide bonds. The molecule has 0 atom stereocenters. The molecule has 12 rings (SSSR count). The van der Waals surface area contributed by atoms with Crippen LogP contribution in [0.15, 0.2) is 146 Å². The second-order valence-electron chi connectivity index (χ2n) is 18.9. The fourth-order valence-corrected chi connectivity index (χ4v) is 12.2. The van der Waals surface area contributed by atoms with Crippen LogP contribution >= 0.6 is 24.8 Å². The molecule has 8 aromatic rings. The molecule has 4 saturated carbocycles. The normalized spacial score (nSPS) is 21.3. The van der Waals surface area contributed by atoms with Crippen LogP contribution in [-0.2, 0) is 36.2 Å². The Morgan fingerprint density at radius 3 is 1.18 bits per heavy atom. The van der Waals surface area contributed by atoms with Crippen LogP contribution in [-0.4, -0.2) is 13.1 Å². The minimum Gasteiger partial charge on any atom is -0.164 e. The SMILES string of the molecule is Cl.Cl.[CH2-]CC(F)(F)F.[CH3-].[Si]=[Zr].c1ccc2c(-c3cccc4[cH-]c(CC56CCC(CC5)C6)cc34)cccc2c1.c1ccc2c(-c3cccc4[cH-]c(CC56CCC(CC5)C6)cc34)cccc2c1. The van der Waals surface area contributed by atoms with Gasteiger partial charge in [-0.05, 0) is 132 Å². The van der Waals surface area contributed by atoms with E-state index in [1.807, 2.05) is 0 Å². The van der Waals surface area contributed by atoms with Crippen LogP contribution in [0, 0.1) is 37.0 Å². The zero-order valence-electron chi connectivity index (χ0n) is 37.4. The summed E-state index contributed by atoms with van der Waals surface area (Å²) in [5.41, 5.74) is 9.82. The largest absolute Gasteiger partial charge is 0.164 e. The van der Waals surface area contributed by atoms with Crippen LogP contribution < -0.4 is 0 Å². The summed E-state index contributed by atoms with van der Waals surface area (Å²) in [6.07, 6.45) is 12.2. The van der Waals surface area contributed by atoms with Gasteiger partial charge in [-0.1, -0.05) is 115 Å². The van der Waals surface area contributed by atoms with Crippen molar-refractivity contribution in [2.24, 2.45) is 22.7 Å². The van der Waals surface area contributed by atoms with E-state index in [1.54, 1.807) is 11.1 Å². The molecule has 0 unspecified atom stereocenters. The van der Waals surface area contributed by atoms with E-state index in [4.69, 9.17) is 0 Å². The van der Waals surface area contributed by atoms with E-state index in [0.717, 1.165) is 11.8 Å². The first-order chi connectivity index (χ1) is 30.2. The Balaban J connectivity index is 0.000000178. The van der Waals surface area contributed by atoms with Gasteiger partial charge in [0.2, 0.25) is 0 Å². The Morgan fingerprint density at radius 2 is 0.846 bits per heavy atom. The molecule has 4 bridgehead atoms. The van der Waals surface area contributed by atoms with Gasteiger partial charge in [-0.2, -0.15) is 25.3 Å². The molecule has 4 fully saturated rings. The quantitative estimate of drug-likeness (QED) is 0.115. The van der Waals surface area contributed by atoms with Gasteiger partial charge in [0.15, 0.2) is 0 Å². The monoisotopic (exact) mass is 1000 g/mol. The molecule has 0 aromatic heterocycles. The van der Waals surface area contributed by atoms with Gasteiger partial charge in [0.25, 0.3) is 0 Å². The standard InChI is InChI=1S/2C27H25.C3H4F3.CH3.2ClH.Si.Zr/c2*1-2-8-23-21(5-1)6-3-9-24(23)25-10-4-7-22-15-20(16-26(22)25)18-27-13-11-19(17-27)12-14-27;1-2-3(4,5)6;;;;;/h2*1-10,15-16,19H,11-14,17-18H2;1-2H2;1H3;2*1H;;/q4*-1;;;;. The molecule has 0 N–H and O–H groups in total. The Hall–Kier alpha value is -3.47. The molecule has 0 aliphatic heterocycles. The van der Waals surface area contributed by atoms with Crippen molar-refractivity contribution in [3.63, 3.8) is 0 Å². The van der Waals surface area contributed by atoms with Gasteiger partial charge in [-0.25, -0.2) is 0 Å². The van der Waals surface area contributed by atoms with Gasteiger partial charge in [-0.15, -0.1) is 93.9 Å². The molecule has 0 saturated heterocycles. The summed E-state index contributed by atoms with van der Waals surface area (Å²) in [4.78, 5) is 0. The summed E-state index contributed by atoms with van der Waals surface area (Å²) in [7, 11) is 0. The van der Waals surface area contributed by atoms with Gasteiger partial charge in [0, 0.05) is 0 Å². The average molecular weight is 1000 g/mol. The van der Waals surface area contributed by atoms with Gasteiger partial charge in [-0.3, -0.25) is 0 Å². The maximum atomic E-state index is 10.7. The van der Waals surface area contributed by atoms with E-state index in [-0.39, 0.29) is 32.2 Å². The molecular formula is C58H59Cl2F3SiZr-4. The van der Waals surface area contributed by atoms with Crippen molar-refractivity contribution in [3.05, 3.63) is 171 Å². The number of halogens is 5. The number of rotatable bonds is 6. The molecule has 4 aliphatic carbocycles. The summed E-state index contributed by atoms with van der Waals surface area (Å²) in [6, 6.07) is 54.4. The van der Waals surface area contributed by atoms with E-state index < -0.39 is 12.6 Å².